The molecule has 0 bridgehead atoms. The Hall–Kier alpha value is -3.82. The smallest absolute Gasteiger partial charge is 0.427 e. The summed E-state index contributed by atoms with van der Waals surface area (Å²) in [5, 5.41) is 1.86. The number of H-pyrrole nitrogens is 1. The number of hydrogen-bond acceptors (Lipinski definition) is 5. The maximum atomic E-state index is 14.8. The highest BCUT2D eigenvalue weighted by Gasteiger charge is 2.66. The molecule has 1 amide bonds. The van der Waals surface area contributed by atoms with E-state index in [4.69, 9.17) is 4.74 Å². The molecule has 0 aliphatic heterocycles. The Kier molecular flexibility index (Phi) is 6.46. The highest BCUT2D eigenvalue weighted by Crippen LogP contribution is 2.44. The number of amides is 1. The largest absolute Gasteiger partial charge is 0.467 e. The van der Waals surface area contributed by atoms with Gasteiger partial charge in [0.1, 0.15) is 5.60 Å². The van der Waals surface area contributed by atoms with Gasteiger partial charge in [-0.1, -0.05) is 48.5 Å². The Morgan fingerprint density at radius 2 is 1.53 bits per heavy atom. The topological polar surface area (TPSA) is 97.5 Å². The third kappa shape index (κ3) is 4.48. The second-order valence-electron chi connectivity index (χ2n) is 8.48. The molecule has 10 heteroatoms. The molecule has 34 heavy (non-hydrogen) atoms. The van der Waals surface area contributed by atoms with Crippen molar-refractivity contribution in [3.05, 3.63) is 70.5 Å². The van der Waals surface area contributed by atoms with Crippen LogP contribution < -0.4 is 10.9 Å². The predicted molar refractivity (Wildman–Crippen MR) is 119 cm³/mol. The molecule has 0 radical (unpaired) electrons. The van der Waals surface area contributed by atoms with E-state index in [-0.39, 0.29) is 22.0 Å². The normalized spacial score (nSPS) is 13.7. The number of hydrogen-bond donors (Lipinski definition) is 2. The zero-order valence-corrected chi connectivity index (χ0v) is 18.9. The highest BCUT2D eigenvalue weighted by molar-refractivity contribution is 6.00. The van der Waals surface area contributed by atoms with E-state index in [2.05, 4.69) is 9.72 Å². The van der Waals surface area contributed by atoms with E-state index < -0.39 is 40.5 Å². The summed E-state index contributed by atoms with van der Waals surface area (Å²) in [6, 6.07) is 14.0. The van der Waals surface area contributed by atoms with Crippen molar-refractivity contribution in [2.24, 2.45) is 0 Å². The number of alkyl halides is 3. The van der Waals surface area contributed by atoms with Gasteiger partial charge < -0.3 is 14.5 Å². The van der Waals surface area contributed by atoms with E-state index in [1.54, 1.807) is 35.6 Å². The molecule has 0 aliphatic carbocycles. The Morgan fingerprint density at radius 3 is 2.09 bits per heavy atom. The van der Waals surface area contributed by atoms with Crippen LogP contribution >= 0.6 is 0 Å². The van der Waals surface area contributed by atoms with E-state index in [1.807, 2.05) is 0 Å². The quantitative estimate of drug-likeness (QED) is 0.535. The minimum absolute atomic E-state index is 0.182. The number of aromatic nitrogens is 1. The standard InChI is InChI=1S/C24H23F3N2O5/c1-22(2,3)34-21(32)29-23(20(31)33-4,24(25,26)27)18-17(14-10-6-5-7-11-14)15-12-8-9-13-16(15)28-19(18)30/h5-13H,1-4H3,(H,28,30)(H,29,32). The summed E-state index contributed by atoms with van der Waals surface area (Å²) in [6.07, 6.45) is -7.04. The van der Waals surface area contributed by atoms with Crippen LogP contribution in [0.25, 0.3) is 22.0 Å². The van der Waals surface area contributed by atoms with Gasteiger partial charge in [0.25, 0.3) is 11.1 Å². The number of fused-ring (bicyclic) bond motifs is 1. The maximum absolute atomic E-state index is 14.8. The molecule has 2 aromatic carbocycles. The zero-order chi connectivity index (χ0) is 25.3. The Labute approximate surface area is 192 Å². The molecule has 1 heterocycles. The molecule has 1 atom stereocenters. The van der Waals surface area contributed by atoms with E-state index in [1.165, 1.54) is 45.0 Å². The molecular weight excluding hydrogens is 453 g/mol. The zero-order valence-electron chi connectivity index (χ0n) is 18.9. The van der Waals surface area contributed by atoms with Crippen LogP contribution in [0.1, 0.15) is 26.3 Å². The molecule has 180 valence electrons. The molecule has 0 fully saturated rings. The number of para-hydroxylation sites is 1. The molecule has 1 unspecified atom stereocenters. The number of alkyl carbamates (subject to hydrolysis) is 1. The van der Waals surface area contributed by atoms with Gasteiger partial charge in [-0.05, 0) is 32.4 Å². The van der Waals surface area contributed by atoms with Crippen LogP contribution in [0, 0.1) is 0 Å². The molecule has 3 rings (SSSR count). The summed E-state index contributed by atoms with van der Waals surface area (Å²) < 4.78 is 54.0. The number of ether oxygens (including phenoxy) is 2. The van der Waals surface area contributed by atoms with Crippen molar-refractivity contribution >= 4 is 23.0 Å². The van der Waals surface area contributed by atoms with E-state index in [0.717, 1.165) is 7.11 Å². The number of rotatable bonds is 4. The second kappa shape index (κ2) is 8.85. The van der Waals surface area contributed by atoms with Crippen LogP contribution in [0.4, 0.5) is 18.0 Å². The third-order valence-electron chi connectivity index (χ3n) is 4.96. The van der Waals surface area contributed by atoms with Crippen LogP contribution in [0.3, 0.4) is 0 Å². The fourth-order valence-electron chi connectivity index (χ4n) is 3.66. The lowest BCUT2D eigenvalue weighted by Gasteiger charge is -2.35. The number of benzene rings is 2. The SMILES string of the molecule is COC(=O)C(NC(=O)OC(C)(C)C)(c1c(-c2ccccc2)c2ccccc2[nH]c1=O)C(F)(F)F. The van der Waals surface area contributed by atoms with Gasteiger partial charge >= 0.3 is 18.2 Å². The number of aromatic amines is 1. The number of carbonyl (C=O) groups is 2. The number of pyridine rings is 1. The third-order valence-corrected chi connectivity index (χ3v) is 4.96. The van der Waals surface area contributed by atoms with Crippen molar-refractivity contribution in [1.82, 2.24) is 10.3 Å². The van der Waals surface area contributed by atoms with Crippen LogP contribution in [0.5, 0.6) is 0 Å². The van der Waals surface area contributed by atoms with Gasteiger partial charge in [0, 0.05) is 16.5 Å². The molecular formula is C24H23F3N2O5. The van der Waals surface area contributed by atoms with E-state index in [0.29, 0.717) is 0 Å². The lowest BCUT2D eigenvalue weighted by molar-refractivity contribution is -0.214. The second-order valence-corrected chi connectivity index (χ2v) is 8.48. The number of esters is 1. The molecule has 0 spiro atoms. The summed E-state index contributed by atoms with van der Waals surface area (Å²) in [5.74, 6) is -1.90. The first-order valence-corrected chi connectivity index (χ1v) is 10.2. The van der Waals surface area contributed by atoms with Gasteiger partial charge in [0.2, 0.25) is 0 Å². The molecule has 0 saturated carbocycles. The Balaban J connectivity index is 2.50. The van der Waals surface area contributed by atoms with Crippen molar-refractivity contribution in [2.45, 2.75) is 38.1 Å². The Morgan fingerprint density at radius 1 is 0.941 bits per heavy atom. The monoisotopic (exact) mass is 476 g/mol. The molecule has 0 aliphatic rings. The van der Waals surface area contributed by atoms with Gasteiger partial charge in [0.05, 0.1) is 12.7 Å². The van der Waals surface area contributed by atoms with Crippen molar-refractivity contribution in [1.29, 1.82) is 0 Å². The van der Waals surface area contributed by atoms with Crippen LogP contribution in [0.15, 0.2) is 59.4 Å². The summed E-state index contributed by atoms with van der Waals surface area (Å²) in [6.45, 7) is 4.33. The fraction of sp³-hybridized carbons (Fsp3) is 0.292. The van der Waals surface area contributed by atoms with Gasteiger partial charge in [-0.15, -0.1) is 0 Å². The predicted octanol–water partition coefficient (Wildman–Crippen LogP) is 4.65. The van der Waals surface area contributed by atoms with Gasteiger partial charge in [-0.2, -0.15) is 13.2 Å². The lowest BCUT2D eigenvalue weighted by Crippen LogP contribution is -2.64. The van der Waals surface area contributed by atoms with Crippen molar-refractivity contribution < 1.29 is 32.2 Å². The highest BCUT2D eigenvalue weighted by atomic mass is 19.4. The first-order chi connectivity index (χ1) is 15.8. The van der Waals surface area contributed by atoms with E-state index >= 15 is 0 Å². The Bertz CT molecular complexity index is 1280. The first-order valence-electron chi connectivity index (χ1n) is 10.2. The first kappa shape index (κ1) is 24.8. The summed E-state index contributed by atoms with van der Waals surface area (Å²) >= 11 is 0. The van der Waals surface area contributed by atoms with Crippen molar-refractivity contribution in [3.8, 4) is 11.1 Å². The lowest BCUT2D eigenvalue weighted by atomic mass is 9.82. The number of halogens is 3. The number of methoxy groups -OCH3 is 1. The van der Waals surface area contributed by atoms with Crippen molar-refractivity contribution in [2.75, 3.05) is 7.11 Å². The fourth-order valence-corrected chi connectivity index (χ4v) is 3.66. The maximum Gasteiger partial charge on any atom is 0.427 e. The summed E-state index contributed by atoms with van der Waals surface area (Å²) in [7, 11) is 0.733. The van der Waals surface area contributed by atoms with Crippen LogP contribution in [-0.2, 0) is 19.8 Å². The van der Waals surface area contributed by atoms with Gasteiger partial charge in [0.15, 0.2) is 0 Å². The summed E-state index contributed by atoms with van der Waals surface area (Å²) in [4.78, 5) is 41.1. The molecule has 3 aromatic rings. The average Bonchev–Trinajstić information content (AvgIpc) is 2.74. The molecule has 0 saturated heterocycles. The average molecular weight is 476 g/mol. The summed E-state index contributed by atoms with van der Waals surface area (Å²) in [5.41, 5.74) is -7.03. The van der Waals surface area contributed by atoms with Crippen LogP contribution in [-0.4, -0.2) is 35.9 Å². The minimum atomic E-state index is -5.49. The number of carbonyl (C=O) groups excluding carboxylic acids is 2. The van der Waals surface area contributed by atoms with Crippen LogP contribution in [0.2, 0.25) is 0 Å². The molecule has 2 N–H and O–H groups in total. The van der Waals surface area contributed by atoms with E-state index in [9.17, 15) is 27.6 Å². The van der Waals surface area contributed by atoms with Gasteiger partial charge in [-0.25, -0.2) is 9.59 Å². The minimum Gasteiger partial charge on any atom is -0.467 e. The number of nitrogens with one attached hydrogen (secondary N) is 2. The molecule has 7 nitrogen and oxygen atoms in total. The van der Waals surface area contributed by atoms with Crippen molar-refractivity contribution in [3.63, 3.8) is 0 Å². The van der Waals surface area contributed by atoms with Gasteiger partial charge in [-0.3, -0.25) is 10.1 Å². The molecule has 1 aromatic heterocycles.